The van der Waals surface area contributed by atoms with Crippen molar-refractivity contribution in [3.8, 4) is 5.88 Å². The van der Waals surface area contributed by atoms with E-state index in [4.69, 9.17) is 9.72 Å². The van der Waals surface area contributed by atoms with Crippen molar-refractivity contribution in [3.63, 3.8) is 0 Å². The van der Waals surface area contributed by atoms with E-state index in [-0.39, 0.29) is 5.41 Å². The van der Waals surface area contributed by atoms with Crippen LogP contribution in [-0.2, 0) is 18.4 Å². The Hall–Kier alpha value is -2.01. The molecule has 0 radical (unpaired) electrons. The van der Waals surface area contributed by atoms with Crippen LogP contribution in [0.3, 0.4) is 0 Å². The summed E-state index contributed by atoms with van der Waals surface area (Å²) in [4.78, 5) is 16.1. The summed E-state index contributed by atoms with van der Waals surface area (Å²) in [5, 5.41) is 0. The highest BCUT2D eigenvalue weighted by atomic mass is 16.5. The summed E-state index contributed by atoms with van der Waals surface area (Å²) in [6.07, 6.45) is 8.57. The minimum Gasteiger partial charge on any atom is -0.481 e. The molecule has 2 aromatic rings. The van der Waals surface area contributed by atoms with Crippen molar-refractivity contribution in [2.24, 2.45) is 0 Å². The Labute approximate surface area is 143 Å². The third-order valence-corrected chi connectivity index (χ3v) is 5.45. The van der Waals surface area contributed by atoms with E-state index >= 15 is 0 Å². The number of rotatable bonds is 3. The zero-order valence-electron chi connectivity index (χ0n) is 14.5. The molecule has 1 fully saturated rings. The lowest BCUT2D eigenvalue weighted by atomic mass is 9.77. The van der Waals surface area contributed by atoms with Crippen LogP contribution in [0.2, 0.25) is 0 Å². The Morgan fingerprint density at radius 2 is 2.21 bits per heavy atom. The van der Waals surface area contributed by atoms with E-state index in [9.17, 15) is 0 Å². The molecule has 0 aromatic carbocycles. The number of likely N-dealkylation sites (tertiary alicyclic amines) is 1. The highest BCUT2D eigenvalue weighted by Gasteiger charge is 2.43. The molecule has 24 heavy (non-hydrogen) atoms. The quantitative estimate of drug-likeness (QED) is 0.869. The van der Waals surface area contributed by atoms with Crippen LogP contribution in [0.1, 0.15) is 41.9 Å². The van der Waals surface area contributed by atoms with Gasteiger partial charge in [-0.3, -0.25) is 4.90 Å². The van der Waals surface area contributed by atoms with Gasteiger partial charge >= 0.3 is 0 Å². The molecule has 0 amide bonds. The zero-order valence-corrected chi connectivity index (χ0v) is 14.5. The third kappa shape index (κ3) is 2.67. The Morgan fingerprint density at radius 1 is 1.29 bits per heavy atom. The van der Waals surface area contributed by atoms with Gasteiger partial charge in [0.05, 0.1) is 12.8 Å². The largest absolute Gasteiger partial charge is 0.481 e. The maximum atomic E-state index is 5.42. The number of aromatic nitrogens is 3. The molecule has 3 heterocycles. The summed E-state index contributed by atoms with van der Waals surface area (Å²) in [5.41, 5.74) is 4.02. The highest BCUT2D eigenvalue weighted by Crippen LogP contribution is 2.44. The minimum atomic E-state index is 0.205. The van der Waals surface area contributed by atoms with Crippen LogP contribution < -0.4 is 4.74 Å². The fourth-order valence-corrected chi connectivity index (χ4v) is 4.36. The summed E-state index contributed by atoms with van der Waals surface area (Å²) >= 11 is 0. The molecule has 2 aromatic heterocycles. The van der Waals surface area contributed by atoms with E-state index in [1.165, 1.54) is 30.5 Å². The van der Waals surface area contributed by atoms with E-state index in [0.717, 1.165) is 43.3 Å². The number of pyridine rings is 1. The van der Waals surface area contributed by atoms with E-state index in [0.29, 0.717) is 0 Å². The summed E-state index contributed by atoms with van der Waals surface area (Å²) in [6, 6.07) is 4.10. The topological polar surface area (TPSA) is 51.1 Å². The lowest BCUT2D eigenvalue weighted by molar-refractivity contribution is 0.135. The van der Waals surface area contributed by atoms with Gasteiger partial charge in [-0.2, -0.15) is 0 Å². The standard InChI is InChI=1S/C19H24N4O/c1-14-21-11-15-6-8-19(17(15)22-14)7-4-10-23(13-19)12-16-5-3-9-20-18(16)24-2/h3,5,9,11H,4,6-8,10,12-13H2,1-2H3. The molecule has 4 rings (SSSR count). The van der Waals surface area contributed by atoms with Crippen LogP contribution in [0.4, 0.5) is 0 Å². The van der Waals surface area contributed by atoms with Crippen LogP contribution in [0.15, 0.2) is 24.5 Å². The SMILES string of the molecule is COc1ncccc1CN1CCCC2(CCc3cnc(C)nc32)C1. The maximum Gasteiger partial charge on any atom is 0.217 e. The van der Waals surface area contributed by atoms with Gasteiger partial charge < -0.3 is 4.74 Å². The van der Waals surface area contributed by atoms with E-state index in [1.807, 2.05) is 19.2 Å². The summed E-state index contributed by atoms with van der Waals surface area (Å²) in [7, 11) is 1.69. The lowest BCUT2D eigenvalue weighted by Gasteiger charge is -2.40. The number of methoxy groups -OCH3 is 1. The fraction of sp³-hybridized carbons (Fsp3) is 0.526. The molecule has 1 atom stereocenters. The Morgan fingerprint density at radius 3 is 3.08 bits per heavy atom. The molecule has 0 saturated carbocycles. The van der Waals surface area contributed by atoms with Gasteiger partial charge in [-0.25, -0.2) is 15.0 Å². The van der Waals surface area contributed by atoms with E-state index in [2.05, 4.69) is 20.9 Å². The van der Waals surface area contributed by atoms with Gasteiger partial charge in [-0.05, 0) is 50.8 Å². The molecule has 2 aliphatic rings. The van der Waals surface area contributed by atoms with Gasteiger partial charge in [0.25, 0.3) is 0 Å². The maximum absolute atomic E-state index is 5.42. The molecule has 1 saturated heterocycles. The molecular weight excluding hydrogens is 300 g/mol. The Balaban J connectivity index is 1.58. The van der Waals surface area contributed by atoms with Gasteiger partial charge in [0.1, 0.15) is 5.82 Å². The van der Waals surface area contributed by atoms with Crippen molar-refractivity contribution in [1.29, 1.82) is 0 Å². The first-order valence-corrected chi connectivity index (χ1v) is 8.73. The molecule has 1 aliphatic carbocycles. The first kappa shape index (κ1) is 15.5. The number of fused-ring (bicyclic) bond motifs is 2. The fourth-order valence-electron chi connectivity index (χ4n) is 4.36. The molecule has 1 spiro atoms. The molecule has 126 valence electrons. The molecule has 0 N–H and O–H groups in total. The van der Waals surface area contributed by atoms with Crippen LogP contribution in [-0.4, -0.2) is 40.1 Å². The molecule has 1 unspecified atom stereocenters. The van der Waals surface area contributed by atoms with Crippen LogP contribution >= 0.6 is 0 Å². The van der Waals surface area contributed by atoms with Crippen molar-refractivity contribution < 1.29 is 4.74 Å². The summed E-state index contributed by atoms with van der Waals surface area (Å²) in [6.45, 7) is 5.07. The summed E-state index contributed by atoms with van der Waals surface area (Å²) < 4.78 is 5.42. The minimum absolute atomic E-state index is 0.205. The second-order valence-electron chi connectivity index (χ2n) is 7.06. The van der Waals surface area contributed by atoms with Crippen LogP contribution in [0.25, 0.3) is 0 Å². The number of hydrogen-bond acceptors (Lipinski definition) is 5. The molecule has 5 nitrogen and oxygen atoms in total. The Kier molecular flexibility index (Phi) is 3.96. The van der Waals surface area contributed by atoms with Crippen LogP contribution in [0.5, 0.6) is 5.88 Å². The van der Waals surface area contributed by atoms with Gasteiger partial charge in [0, 0.05) is 36.5 Å². The number of hydrogen-bond donors (Lipinski definition) is 0. The van der Waals surface area contributed by atoms with E-state index in [1.54, 1.807) is 13.3 Å². The van der Waals surface area contributed by atoms with Crippen molar-refractivity contribution >= 4 is 0 Å². The first-order chi connectivity index (χ1) is 11.7. The average Bonchev–Trinajstić information content (AvgIpc) is 2.93. The Bertz CT molecular complexity index is 744. The van der Waals surface area contributed by atoms with Crippen molar-refractivity contribution in [2.45, 2.75) is 44.6 Å². The van der Waals surface area contributed by atoms with Gasteiger partial charge in [0.2, 0.25) is 5.88 Å². The molecule has 1 aliphatic heterocycles. The molecular formula is C19H24N4O. The van der Waals surface area contributed by atoms with Gasteiger partial charge in [0.15, 0.2) is 0 Å². The second-order valence-corrected chi connectivity index (χ2v) is 7.06. The summed E-state index contributed by atoms with van der Waals surface area (Å²) in [5.74, 6) is 1.63. The van der Waals surface area contributed by atoms with E-state index < -0.39 is 0 Å². The van der Waals surface area contributed by atoms with Gasteiger partial charge in [-0.1, -0.05) is 6.07 Å². The average molecular weight is 324 g/mol. The second kappa shape index (κ2) is 6.13. The molecule has 5 heteroatoms. The third-order valence-electron chi connectivity index (χ3n) is 5.45. The van der Waals surface area contributed by atoms with Crippen molar-refractivity contribution in [1.82, 2.24) is 19.9 Å². The number of ether oxygens (including phenoxy) is 1. The highest BCUT2D eigenvalue weighted by molar-refractivity contribution is 5.34. The lowest BCUT2D eigenvalue weighted by Crippen LogP contribution is -2.45. The molecule has 0 bridgehead atoms. The number of piperidine rings is 1. The van der Waals surface area contributed by atoms with Gasteiger partial charge in [-0.15, -0.1) is 0 Å². The number of aryl methyl sites for hydroxylation is 2. The zero-order chi connectivity index (χ0) is 16.6. The smallest absolute Gasteiger partial charge is 0.217 e. The monoisotopic (exact) mass is 324 g/mol. The first-order valence-electron chi connectivity index (χ1n) is 8.73. The predicted octanol–water partition coefficient (Wildman–Crippen LogP) is 2.67. The predicted molar refractivity (Wildman–Crippen MR) is 92.1 cm³/mol. The normalized spacial score (nSPS) is 23.4. The van der Waals surface area contributed by atoms with Crippen molar-refractivity contribution in [3.05, 3.63) is 47.2 Å². The van der Waals surface area contributed by atoms with Crippen LogP contribution in [0, 0.1) is 6.92 Å². The number of nitrogens with zero attached hydrogens (tertiary/aromatic N) is 4. The van der Waals surface area contributed by atoms with Crippen molar-refractivity contribution in [2.75, 3.05) is 20.2 Å².